The second-order valence-electron chi connectivity index (χ2n) is 4.41. The third-order valence-corrected chi connectivity index (χ3v) is 2.27. The monoisotopic (exact) mass is 230 g/mol. The molecule has 0 spiro atoms. The van der Waals surface area contributed by atoms with E-state index in [-0.39, 0.29) is 12.3 Å². The largest absolute Gasteiger partial charge is 0.481 e. The second kappa shape index (κ2) is 8.10. The van der Waals surface area contributed by atoms with Gasteiger partial charge in [0.15, 0.2) is 0 Å². The van der Waals surface area contributed by atoms with E-state index in [9.17, 15) is 9.59 Å². The number of likely N-dealkylation sites (N-methyl/N-ethyl adjacent to an activating group) is 1. The number of nitrogens with one attached hydrogen (secondary N) is 1. The molecule has 0 aromatic carbocycles. The Morgan fingerprint density at radius 2 is 1.94 bits per heavy atom. The van der Waals surface area contributed by atoms with Crippen LogP contribution in [0.1, 0.15) is 26.2 Å². The number of nitrogens with zero attached hydrogens (tertiary/aromatic N) is 1. The van der Waals surface area contributed by atoms with Gasteiger partial charge in [-0.15, -0.1) is 0 Å². The van der Waals surface area contributed by atoms with E-state index < -0.39 is 5.97 Å². The lowest BCUT2D eigenvalue weighted by molar-refractivity contribution is -0.137. The van der Waals surface area contributed by atoms with E-state index in [0.717, 1.165) is 6.42 Å². The van der Waals surface area contributed by atoms with Crippen LogP contribution in [0.25, 0.3) is 0 Å². The van der Waals surface area contributed by atoms with Gasteiger partial charge in [-0.2, -0.15) is 0 Å². The number of carbonyl (C=O) groups excluding carboxylic acids is 1. The zero-order valence-electron chi connectivity index (χ0n) is 10.3. The van der Waals surface area contributed by atoms with Gasteiger partial charge in [0.1, 0.15) is 0 Å². The maximum atomic E-state index is 11.3. The lowest BCUT2D eigenvalue weighted by Crippen LogP contribution is -2.34. The molecule has 0 aliphatic heterocycles. The molecule has 94 valence electrons. The average Bonchev–Trinajstić information content (AvgIpc) is 2.13. The predicted octanol–water partition coefficient (Wildman–Crippen LogP) is 0.555. The van der Waals surface area contributed by atoms with Crippen molar-refractivity contribution in [2.75, 3.05) is 27.2 Å². The van der Waals surface area contributed by atoms with Gasteiger partial charge in [0.05, 0.1) is 6.54 Å². The smallest absolute Gasteiger partial charge is 0.303 e. The van der Waals surface area contributed by atoms with Crippen LogP contribution in [0.4, 0.5) is 0 Å². The lowest BCUT2D eigenvalue weighted by Gasteiger charge is -2.12. The highest BCUT2D eigenvalue weighted by Gasteiger charge is 2.07. The summed E-state index contributed by atoms with van der Waals surface area (Å²) in [5.74, 6) is -0.422. The van der Waals surface area contributed by atoms with Crippen LogP contribution in [0.2, 0.25) is 0 Å². The molecular formula is C11H22N2O3. The molecule has 0 bridgehead atoms. The molecule has 1 amide bonds. The van der Waals surface area contributed by atoms with Gasteiger partial charge in [-0.25, -0.2) is 0 Å². The highest BCUT2D eigenvalue weighted by Crippen LogP contribution is 2.08. The summed E-state index contributed by atoms with van der Waals surface area (Å²) in [6, 6.07) is 0. The topological polar surface area (TPSA) is 69.6 Å². The van der Waals surface area contributed by atoms with Crippen molar-refractivity contribution in [2.45, 2.75) is 26.2 Å². The van der Waals surface area contributed by atoms with Crippen molar-refractivity contribution in [2.24, 2.45) is 5.92 Å². The van der Waals surface area contributed by atoms with Crippen LogP contribution in [0.3, 0.4) is 0 Å². The molecule has 0 aromatic rings. The van der Waals surface area contributed by atoms with Gasteiger partial charge in [0.2, 0.25) is 5.91 Å². The van der Waals surface area contributed by atoms with E-state index in [1.807, 2.05) is 25.9 Å². The molecule has 0 rings (SSSR count). The molecule has 0 saturated carbocycles. The van der Waals surface area contributed by atoms with Crippen LogP contribution in [0.5, 0.6) is 0 Å². The first kappa shape index (κ1) is 14.9. The van der Waals surface area contributed by atoms with Crippen LogP contribution >= 0.6 is 0 Å². The Bertz CT molecular complexity index is 229. The molecule has 0 radical (unpaired) electrons. The Balaban J connectivity index is 3.50. The van der Waals surface area contributed by atoms with E-state index in [2.05, 4.69) is 5.32 Å². The third kappa shape index (κ3) is 9.45. The summed E-state index contributed by atoms with van der Waals surface area (Å²) in [7, 11) is 3.68. The number of carbonyl (C=O) groups is 2. The molecule has 0 saturated heterocycles. The number of rotatable bonds is 8. The standard InChI is InChI=1S/C11H22N2O3/c1-9(4-5-11(15)16)6-7-12-10(14)8-13(2)3/h9H,4-8H2,1-3H3,(H,12,14)(H,15,16). The van der Waals surface area contributed by atoms with Crippen molar-refractivity contribution in [1.82, 2.24) is 10.2 Å². The molecule has 2 N–H and O–H groups in total. The van der Waals surface area contributed by atoms with Crippen molar-refractivity contribution in [3.05, 3.63) is 0 Å². The average molecular weight is 230 g/mol. The molecular weight excluding hydrogens is 208 g/mol. The number of carboxylic acids is 1. The second-order valence-corrected chi connectivity index (χ2v) is 4.41. The van der Waals surface area contributed by atoms with E-state index in [0.29, 0.717) is 25.4 Å². The summed E-state index contributed by atoms with van der Waals surface area (Å²) in [4.78, 5) is 23.4. The van der Waals surface area contributed by atoms with Gasteiger partial charge in [-0.1, -0.05) is 6.92 Å². The summed E-state index contributed by atoms with van der Waals surface area (Å²) < 4.78 is 0. The van der Waals surface area contributed by atoms with Crippen molar-refractivity contribution in [3.63, 3.8) is 0 Å². The Hall–Kier alpha value is -1.10. The Labute approximate surface area is 96.8 Å². The number of carboxylic acid groups (broad SMARTS) is 1. The van der Waals surface area contributed by atoms with E-state index in [1.54, 1.807) is 0 Å². The summed E-state index contributed by atoms with van der Waals surface area (Å²) in [5, 5.41) is 11.3. The predicted molar refractivity (Wildman–Crippen MR) is 62.2 cm³/mol. The number of aliphatic carboxylic acids is 1. The highest BCUT2D eigenvalue weighted by atomic mass is 16.4. The first-order valence-electron chi connectivity index (χ1n) is 5.55. The van der Waals surface area contributed by atoms with Crippen LogP contribution in [0.15, 0.2) is 0 Å². The molecule has 0 aliphatic rings. The first-order chi connectivity index (χ1) is 7.41. The zero-order valence-corrected chi connectivity index (χ0v) is 10.3. The fourth-order valence-electron chi connectivity index (χ4n) is 1.32. The van der Waals surface area contributed by atoms with Gasteiger partial charge in [-0.05, 0) is 32.9 Å². The van der Waals surface area contributed by atoms with Gasteiger partial charge >= 0.3 is 5.97 Å². The van der Waals surface area contributed by atoms with Crippen molar-refractivity contribution in [1.29, 1.82) is 0 Å². The van der Waals surface area contributed by atoms with Crippen molar-refractivity contribution < 1.29 is 14.7 Å². The van der Waals surface area contributed by atoms with Gasteiger partial charge in [-0.3, -0.25) is 9.59 Å². The first-order valence-corrected chi connectivity index (χ1v) is 5.55. The summed E-state index contributed by atoms with van der Waals surface area (Å²) in [6.45, 7) is 3.01. The van der Waals surface area contributed by atoms with Crippen LogP contribution in [0, 0.1) is 5.92 Å². The van der Waals surface area contributed by atoms with E-state index >= 15 is 0 Å². The SMILES string of the molecule is CC(CCNC(=O)CN(C)C)CCC(=O)O. The maximum Gasteiger partial charge on any atom is 0.303 e. The van der Waals surface area contributed by atoms with Crippen LogP contribution in [-0.4, -0.2) is 49.1 Å². The quantitative estimate of drug-likeness (QED) is 0.639. The fourth-order valence-corrected chi connectivity index (χ4v) is 1.32. The van der Waals surface area contributed by atoms with E-state index in [4.69, 9.17) is 5.11 Å². The van der Waals surface area contributed by atoms with Gasteiger partial charge in [0.25, 0.3) is 0 Å². The number of hydrogen-bond donors (Lipinski definition) is 2. The molecule has 5 nitrogen and oxygen atoms in total. The minimum absolute atomic E-state index is 0.00966. The fraction of sp³-hybridized carbons (Fsp3) is 0.818. The Morgan fingerprint density at radius 1 is 1.31 bits per heavy atom. The third-order valence-electron chi connectivity index (χ3n) is 2.27. The summed E-state index contributed by atoms with van der Waals surface area (Å²) in [6.07, 6.45) is 1.69. The minimum atomic E-state index is -0.761. The maximum absolute atomic E-state index is 11.3. The number of amides is 1. The van der Waals surface area contributed by atoms with Gasteiger partial charge < -0.3 is 15.3 Å². The summed E-state index contributed by atoms with van der Waals surface area (Å²) in [5.41, 5.74) is 0. The van der Waals surface area contributed by atoms with E-state index in [1.165, 1.54) is 0 Å². The molecule has 1 unspecified atom stereocenters. The lowest BCUT2D eigenvalue weighted by atomic mass is 10.0. The molecule has 16 heavy (non-hydrogen) atoms. The molecule has 0 fully saturated rings. The van der Waals surface area contributed by atoms with Gasteiger partial charge in [0, 0.05) is 13.0 Å². The molecule has 5 heteroatoms. The Morgan fingerprint density at radius 3 is 2.44 bits per heavy atom. The molecule has 0 aliphatic carbocycles. The van der Waals surface area contributed by atoms with Crippen molar-refractivity contribution >= 4 is 11.9 Å². The summed E-state index contributed by atoms with van der Waals surface area (Å²) >= 11 is 0. The zero-order chi connectivity index (χ0) is 12.6. The van der Waals surface area contributed by atoms with Crippen LogP contribution < -0.4 is 5.32 Å². The highest BCUT2D eigenvalue weighted by molar-refractivity contribution is 5.77. The van der Waals surface area contributed by atoms with Crippen molar-refractivity contribution in [3.8, 4) is 0 Å². The minimum Gasteiger partial charge on any atom is -0.481 e. The Kier molecular flexibility index (Phi) is 7.54. The number of hydrogen-bond acceptors (Lipinski definition) is 3. The molecule has 1 atom stereocenters. The molecule has 0 aromatic heterocycles. The molecule has 0 heterocycles. The normalized spacial score (nSPS) is 12.5. The van der Waals surface area contributed by atoms with Crippen LogP contribution in [-0.2, 0) is 9.59 Å².